The Labute approximate surface area is 165 Å². The Morgan fingerprint density at radius 2 is 1.96 bits per heavy atom. The van der Waals surface area contributed by atoms with Gasteiger partial charge in [-0.3, -0.25) is 19.6 Å². The lowest BCUT2D eigenvalue weighted by molar-refractivity contribution is -0.384. The van der Waals surface area contributed by atoms with Gasteiger partial charge in [-0.25, -0.2) is 0 Å². The van der Waals surface area contributed by atoms with Gasteiger partial charge in [0.2, 0.25) is 0 Å². The van der Waals surface area contributed by atoms with Gasteiger partial charge in [-0.2, -0.15) is 5.10 Å². The molecule has 3 aromatic rings. The number of nitro groups is 1. The van der Waals surface area contributed by atoms with Crippen LogP contribution in [0.3, 0.4) is 0 Å². The van der Waals surface area contributed by atoms with Gasteiger partial charge in [0.25, 0.3) is 11.6 Å². The van der Waals surface area contributed by atoms with E-state index in [4.69, 9.17) is 16.3 Å². The Kier molecular flexibility index (Phi) is 5.32. The summed E-state index contributed by atoms with van der Waals surface area (Å²) >= 11 is 6.14. The standard InChI is InChI=1S/C19H17ClN4O4/c1-11-6-4-5-7-16(11)28-15-9-13(8-14(10-15)24(26)27)21-19(25)18-17(20)12(2)22-23(18)3/h4-10H,1-3H3,(H,21,25). The van der Waals surface area contributed by atoms with E-state index in [2.05, 4.69) is 10.4 Å². The third-order valence-electron chi connectivity index (χ3n) is 4.05. The van der Waals surface area contributed by atoms with Crippen LogP contribution >= 0.6 is 11.6 Å². The molecule has 0 spiro atoms. The molecule has 0 saturated carbocycles. The van der Waals surface area contributed by atoms with Crippen LogP contribution in [-0.4, -0.2) is 20.6 Å². The van der Waals surface area contributed by atoms with Crippen molar-refractivity contribution in [2.45, 2.75) is 13.8 Å². The Hall–Kier alpha value is -3.39. The van der Waals surface area contributed by atoms with Gasteiger partial charge in [0.15, 0.2) is 0 Å². The molecule has 3 rings (SSSR count). The van der Waals surface area contributed by atoms with Gasteiger partial charge in [-0.05, 0) is 25.5 Å². The minimum Gasteiger partial charge on any atom is -0.457 e. The van der Waals surface area contributed by atoms with Gasteiger partial charge in [-0.15, -0.1) is 0 Å². The molecule has 1 amide bonds. The van der Waals surface area contributed by atoms with Crippen molar-refractivity contribution in [3.05, 3.63) is 74.6 Å². The molecule has 0 aliphatic rings. The highest BCUT2D eigenvalue weighted by Crippen LogP contribution is 2.31. The van der Waals surface area contributed by atoms with Crippen LogP contribution in [0.2, 0.25) is 5.02 Å². The Morgan fingerprint density at radius 1 is 1.25 bits per heavy atom. The summed E-state index contributed by atoms with van der Waals surface area (Å²) in [6.45, 7) is 3.54. The number of aryl methyl sites for hydroxylation is 3. The van der Waals surface area contributed by atoms with Gasteiger partial charge in [0.1, 0.15) is 17.2 Å². The molecule has 8 nitrogen and oxygen atoms in total. The second kappa shape index (κ2) is 7.69. The average molecular weight is 401 g/mol. The second-order valence-electron chi connectivity index (χ2n) is 6.17. The van der Waals surface area contributed by atoms with E-state index in [1.54, 1.807) is 26.1 Å². The Balaban J connectivity index is 1.94. The van der Waals surface area contributed by atoms with E-state index < -0.39 is 10.8 Å². The van der Waals surface area contributed by atoms with Crippen LogP contribution < -0.4 is 10.1 Å². The molecule has 0 saturated heterocycles. The van der Waals surface area contributed by atoms with Crippen LogP contribution in [-0.2, 0) is 7.05 Å². The molecule has 1 heterocycles. The topological polar surface area (TPSA) is 99.3 Å². The highest BCUT2D eigenvalue weighted by atomic mass is 35.5. The number of carbonyl (C=O) groups excluding carboxylic acids is 1. The summed E-state index contributed by atoms with van der Waals surface area (Å²) in [6, 6.07) is 11.3. The number of carbonyl (C=O) groups is 1. The molecule has 0 unspecified atom stereocenters. The van der Waals surface area contributed by atoms with E-state index in [0.29, 0.717) is 11.4 Å². The summed E-state index contributed by atoms with van der Waals surface area (Å²) in [6.07, 6.45) is 0. The van der Waals surface area contributed by atoms with Crippen molar-refractivity contribution >= 4 is 28.9 Å². The van der Waals surface area contributed by atoms with E-state index in [9.17, 15) is 14.9 Å². The van der Waals surface area contributed by atoms with Crippen molar-refractivity contribution in [1.82, 2.24) is 9.78 Å². The fourth-order valence-electron chi connectivity index (χ4n) is 2.69. The molecule has 0 atom stereocenters. The first-order valence-corrected chi connectivity index (χ1v) is 8.67. The number of anilines is 1. The molecule has 9 heteroatoms. The molecule has 0 aliphatic carbocycles. The maximum absolute atomic E-state index is 12.6. The smallest absolute Gasteiger partial charge is 0.275 e. The van der Waals surface area contributed by atoms with E-state index >= 15 is 0 Å². The van der Waals surface area contributed by atoms with Crippen molar-refractivity contribution in [3.63, 3.8) is 0 Å². The minimum atomic E-state index is -0.554. The maximum Gasteiger partial charge on any atom is 0.275 e. The highest BCUT2D eigenvalue weighted by Gasteiger charge is 2.20. The van der Waals surface area contributed by atoms with Crippen LogP contribution in [0.1, 0.15) is 21.7 Å². The zero-order valence-electron chi connectivity index (χ0n) is 15.4. The van der Waals surface area contributed by atoms with Crippen molar-refractivity contribution in [1.29, 1.82) is 0 Å². The van der Waals surface area contributed by atoms with Crippen molar-refractivity contribution < 1.29 is 14.5 Å². The van der Waals surface area contributed by atoms with Gasteiger partial charge < -0.3 is 10.1 Å². The number of ether oxygens (including phenoxy) is 1. The summed E-state index contributed by atoms with van der Waals surface area (Å²) in [7, 11) is 1.59. The van der Waals surface area contributed by atoms with Crippen molar-refractivity contribution in [2.75, 3.05) is 5.32 Å². The Bertz CT molecular complexity index is 1080. The van der Waals surface area contributed by atoms with Gasteiger partial charge in [-0.1, -0.05) is 29.8 Å². The third kappa shape index (κ3) is 3.96. The van der Waals surface area contributed by atoms with Crippen molar-refractivity contribution in [3.8, 4) is 11.5 Å². The molecule has 1 aromatic heterocycles. The first kappa shape index (κ1) is 19.4. The highest BCUT2D eigenvalue weighted by molar-refractivity contribution is 6.34. The molecule has 2 aromatic carbocycles. The normalized spacial score (nSPS) is 10.6. The number of nitrogens with one attached hydrogen (secondary N) is 1. The molecule has 0 aliphatic heterocycles. The number of benzene rings is 2. The minimum absolute atomic E-state index is 0.159. The van der Waals surface area contributed by atoms with Crippen molar-refractivity contribution in [2.24, 2.45) is 7.05 Å². The number of hydrogen-bond donors (Lipinski definition) is 1. The number of non-ortho nitro benzene ring substituents is 1. The third-order valence-corrected chi connectivity index (χ3v) is 4.50. The molecular weight excluding hydrogens is 384 g/mol. The summed E-state index contributed by atoms with van der Waals surface area (Å²) in [5, 5.41) is 18.2. The van der Waals surface area contributed by atoms with Gasteiger partial charge >= 0.3 is 0 Å². The number of amides is 1. The van der Waals surface area contributed by atoms with Gasteiger partial charge in [0, 0.05) is 19.2 Å². The molecule has 0 radical (unpaired) electrons. The monoisotopic (exact) mass is 400 g/mol. The number of para-hydroxylation sites is 1. The lowest BCUT2D eigenvalue weighted by atomic mass is 10.2. The number of hydrogen-bond acceptors (Lipinski definition) is 5. The first-order chi connectivity index (χ1) is 13.3. The molecule has 0 fully saturated rings. The largest absolute Gasteiger partial charge is 0.457 e. The number of aromatic nitrogens is 2. The number of nitro benzene ring substituents is 1. The molecule has 1 N–H and O–H groups in total. The lowest BCUT2D eigenvalue weighted by Crippen LogP contribution is -2.16. The van der Waals surface area contributed by atoms with E-state index in [1.165, 1.54) is 22.9 Å². The zero-order valence-corrected chi connectivity index (χ0v) is 16.1. The summed E-state index contributed by atoms with van der Waals surface area (Å²) < 4.78 is 7.14. The zero-order chi connectivity index (χ0) is 20.4. The fraction of sp³-hybridized carbons (Fsp3) is 0.158. The number of nitrogens with zero attached hydrogens (tertiary/aromatic N) is 3. The number of halogens is 1. The van der Waals surface area contributed by atoms with Crippen LogP contribution in [0.5, 0.6) is 11.5 Å². The van der Waals surface area contributed by atoms with Crippen LogP contribution in [0.15, 0.2) is 42.5 Å². The fourth-order valence-corrected chi connectivity index (χ4v) is 2.93. The van der Waals surface area contributed by atoms with E-state index in [0.717, 1.165) is 5.56 Å². The van der Waals surface area contributed by atoms with E-state index in [1.807, 2.05) is 19.1 Å². The van der Waals surface area contributed by atoms with E-state index in [-0.39, 0.29) is 27.8 Å². The average Bonchev–Trinajstić information content (AvgIpc) is 2.88. The first-order valence-electron chi connectivity index (χ1n) is 8.29. The molecule has 28 heavy (non-hydrogen) atoms. The molecular formula is C19H17ClN4O4. The quantitative estimate of drug-likeness (QED) is 0.496. The predicted molar refractivity (Wildman–Crippen MR) is 105 cm³/mol. The number of rotatable bonds is 5. The summed E-state index contributed by atoms with van der Waals surface area (Å²) in [4.78, 5) is 23.3. The predicted octanol–water partition coefficient (Wildman–Crippen LogP) is 4.64. The van der Waals surface area contributed by atoms with Gasteiger partial charge in [0.05, 0.1) is 27.4 Å². The summed E-state index contributed by atoms with van der Waals surface area (Å²) in [5.74, 6) is 0.257. The van der Waals surface area contributed by atoms with Crippen LogP contribution in [0.4, 0.5) is 11.4 Å². The van der Waals surface area contributed by atoms with Crippen LogP contribution in [0.25, 0.3) is 0 Å². The summed E-state index contributed by atoms with van der Waals surface area (Å²) in [5.41, 5.74) is 1.53. The molecule has 0 bridgehead atoms. The SMILES string of the molecule is Cc1ccccc1Oc1cc(NC(=O)c2c(Cl)c(C)nn2C)cc([N+](=O)[O-])c1. The lowest BCUT2D eigenvalue weighted by Gasteiger charge is -2.11. The molecule has 144 valence electrons. The maximum atomic E-state index is 12.6. The second-order valence-corrected chi connectivity index (χ2v) is 6.54. The Morgan fingerprint density at radius 3 is 2.57 bits per heavy atom. The van der Waals surface area contributed by atoms with Crippen LogP contribution in [0, 0.1) is 24.0 Å².